The molecule has 0 spiro atoms. The number of anilines is 1. The van der Waals surface area contributed by atoms with Gasteiger partial charge in [-0.1, -0.05) is 29.8 Å². The average molecular weight is 274 g/mol. The maximum absolute atomic E-state index is 5.02. The van der Waals surface area contributed by atoms with E-state index in [-0.39, 0.29) is 18.1 Å². The molecule has 0 aliphatic heterocycles. The largest absolute Gasteiger partial charge is 0.467 e. The Hall–Kier alpha value is -2.37. The van der Waals surface area contributed by atoms with Crippen LogP contribution in [0, 0.1) is 6.92 Å². The Morgan fingerprint density at radius 3 is 2.00 bits per heavy atom. The molecule has 106 valence electrons. The summed E-state index contributed by atoms with van der Waals surface area (Å²) >= 11 is 0. The predicted octanol–water partition coefficient (Wildman–Crippen LogP) is 2.37. The van der Waals surface area contributed by atoms with Crippen LogP contribution in [0.25, 0.3) is 0 Å². The molecular formula is C14H18N4O2. The van der Waals surface area contributed by atoms with Gasteiger partial charge in [-0.25, -0.2) is 0 Å². The number of rotatable bonds is 5. The first-order chi connectivity index (χ1) is 9.62. The van der Waals surface area contributed by atoms with Crippen LogP contribution in [0.5, 0.6) is 12.0 Å². The molecule has 1 aromatic carbocycles. The molecule has 0 bridgehead atoms. The Balaban J connectivity index is 2.18. The standard InChI is InChI=1S/C14H18N4O2/c1-9-5-7-11(8-6-9)10(2)15-12-16-13(19-3)18-14(17-12)20-4/h5-8,10H,1-4H3,(H,15,16,17,18). The molecule has 0 amide bonds. The van der Waals surface area contributed by atoms with Crippen LogP contribution in [0.2, 0.25) is 0 Å². The van der Waals surface area contributed by atoms with Gasteiger partial charge in [0.15, 0.2) is 0 Å². The van der Waals surface area contributed by atoms with Crippen molar-refractivity contribution in [3.8, 4) is 12.0 Å². The minimum Gasteiger partial charge on any atom is -0.467 e. The average Bonchev–Trinajstić information content (AvgIpc) is 2.47. The van der Waals surface area contributed by atoms with Crippen molar-refractivity contribution in [3.63, 3.8) is 0 Å². The molecule has 2 rings (SSSR count). The van der Waals surface area contributed by atoms with Crippen molar-refractivity contribution in [3.05, 3.63) is 35.4 Å². The van der Waals surface area contributed by atoms with Crippen LogP contribution in [0.3, 0.4) is 0 Å². The van der Waals surface area contributed by atoms with E-state index in [9.17, 15) is 0 Å². The molecular weight excluding hydrogens is 256 g/mol. The number of hydrogen-bond donors (Lipinski definition) is 1. The van der Waals surface area contributed by atoms with Crippen molar-refractivity contribution < 1.29 is 9.47 Å². The fourth-order valence-electron chi connectivity index (χ4n) is 1.72. The van der Waals surface area contributed by atoms with Gasteiger partial charge in [0.25, 0.3) is 0 Å². The Kier molecular flexibility index (Phi) is 4.34. The first-order valence-electron chi connectivity index (χ1n) is 6.29. The Morgan fingerprint density at radius 2 is 1.50 bits per heavy atom. The van der Waals surface area contributed by atoms with E-state index in [0.717, 1.165) is 5.56 Å². The van der Waals surface area contributed by atoms with E-state index in [1.165, 1.54) is 19.8 Å². The lowest BCUT2D eigenvalue weighted by Crippen LogP contribution is -2.11. The van der Waals surface area contributed by atoms with Gasteiger partial charge >= 0.3 is 12.0 Å². The van der Waals surface area contributed by atoms with Crippen LogP contribution in [-0.4, -0.2) is 29.2 Å². The summed E-state index contributed by atoms with van der Waals surface area (Å²) in [4.78, 5) is 12.3. The van der Waals surface area contributed by atoms with Crippen molar-refractivity contribution in [1.82, 2.24) is 15.0 Å². The maximum atomic E-state index is 5.02. The molecule has 0 saturated carbocycles. The number of ether oxygens (including phenoxy) is 2. The zero-order valence-corrected chi connectivity index (χ0v) is 12.0. The van der Waals surface area contributed by atoms with Crippen LogP contribution >= 0.6 is 0 Å². The van der Waals surface area contributed by atoms with E-state index in [2.05, 4.69) is 51.5 Å². The maximum Gasteiger partial charge on any atom is 0.324 e. The number of nitrogens with one attached hydrogen (secondary N) is 1. The van der Waals surface area contributed by atoms with Gasteiger partial charge in [0.2, 0.25) is 5.95 Å². The molecule has 1 heterocycles. The molecule has 20 heavy (non-hydrogen) atoms. The highest BCUT2D eigenvalue weighted by atomic mass is 16.5. The number of benzene rings is 1. The van der Waals surface area contributed by atoms with Crippen LogP contribution in [0.4, 0.5) is 5.95 Å². The Morgan fingerprint density at radius 1 is 0.950 bits per heavy atom. The monoisotopic (exact) mass is 274 g/mol. The lowest BCUT2D eigenvalue weighted by molar-refractivity contribution is 0.341. The third-order valence-electron chi connectivity index (χ3n) is 2.88. The zero-order valence-electron chi connectivity index (χ0n) is 12.0. The molecule has 0 fully saturated rings. The fraction of sp³-hybridized carbons (Fsp3) is 0.357. The zero-order chi connectivity index (χ0) is 14.5. The number of aromatic nitrogens is 3. The van der Waals surface area contributed by atoms with E-state index in [4.69, 9.17) is 9.47 Å². The number of aryl methyl sites for hydroxylation is 1. The smallest absolute Gasteiger partial charge is 0.324 e. The fourth-order valence-corrected chi connectivity index (χ4v) is 1.72. The van der Waals surface area contributed by atoms with Gasteiger partial charge in [-0.3, -0.25) is 0 Å². The summed E-state index contributed by atoms with van der Waals surface area (Å²) in [5, 5.41) is 3.20. The van der Waals surface area contributed by atoms with E-state index in [1.54, 1.807) is 0 Å². The van der Waals surface area contributed by atoms with Gasteiger partial charge in [0, 0.05) is 0 Å². The molecule has 1 aromatic heterocycles. The van der Waals surface area contributed by atoms with Gasteiger partial charge in [-0.05, 0) is 19.4 Å². The second kappa shape index (κ2) is 6.18. The Labute approximate surface area is 118 Å². The number of methoxy groups -OCH3 is 2. The molecule has 1 unspecified atom stereocenters. The predicted molar refractivity (Wildman–Crippen MR) is 76.1 cm³/mol. The summed E-state index contributed by atoms with van der Waals surface area (Å²) in [5.74, 6) is 0.418. The lowest BCUT2D eigenvalue weighted by Gasteiger charge is -2.15. The van der Waals surface area contributed by atoms with Crippen LogP contribution < -0.4 is 14.8 Å². The molecule has 0 aliphatic rings. The molecule has 0 radical (unpaired) electrons. The summed E-state index contributed by atoms with van der Waals surface area (Å²) in [5.41, 5.74) is 2.37. The molecule has 2 aromatic rings. The van der Waals surface area contributed by atoms with Crippen molar-refractivity contribution in [2.45, 2.75) is 19.9 Å². The van der Waals surface area contributed by atoms with Gasteiger partial charge in [0.05, 0.1) is 20.3 Å². The van der Waals surface area contributed by atoms with E-state index in [1.807, 2.05) is 6.92 Å². The molecule has 0 saturated heterocycles. The number of hydrogen-bond acceptors (Lipinski definition) is 6. The summed E-state index contributed by atoms with van der Waals surface area (Å²) in [7, 11) is 3.00. The van der Waals surface area contributed by atoms with Crippen LogP contribution in [0.1, 0.15) is 24.1 Å². The van der Waals surface area contributed by atoms with Gasteiger partial charge < -0.3 is 14.8 Å². The van der Waals surface area contributed by atoms with Crippen molar-refractivity contribution in [2.24, 2.45) is 0 Å². The highest BCUT2D eigenvalue weighted by Gasteiger charge is 2.11. The molecule has 6 heteroatoms. The summed E-state index contributed by atoms with van der Waals surface area (Å²) in [6, 6.07) is 8.79. The van der Waals surface area contributed by atoms with E-state index < -0.39 is 0 Å². The normalized spacial score (nSPS) is 11.8. The second-order valence-electron chi connectivity index (χ2n) is 4.41. The molecule has 1 N–H and O–H groups in total. The van der Waals surface area contributed by atoms with Crippen LogP contribution in [0.15, 0.2) is 24.3 Å². The lowest BCUT2D eigenvalue weighted by atomic mass is 10.1. The first kappa shape index (κ1) is 14.0. The highest BCUT2D eigenvalue weighted by Crippen LogP contribution is 2.19. The van der Waals surface area contributed by atoms with E-state index in [0.29, 0.717) is 5.95 Å². The molecule has 6 nitrogen and oxygen atoms in total. The SMILES string of the molecule is COc1nc(NC(C)c2ccc(C)cc2)nc(OC)n1. The van der Waals surface area contributed by atoms with Crippen molar-refractivity contribution in [2.75, 3.05) is 19.5 Å². The van der Waals surface area contributed by atoms with Crippen molar-refractivity contribution >= 4 is 5.95 Å². The minimum absolute atomic E-state index is 0.0624. The van der Waals surface area contributed by atoms with Gasteiger partial charge in [-0.2, -0.15) is 9.97 Å². The summed E-state index contributed by atoms with van der Waals surface area (Å²) in [6.07, 6.45) is 0. The van der Waals surface area contributed by atoms with Crippen molar-refractivity contribution in [1.29, 1.82) is 0 Å². The Bertz CT molecular complexity index is 550. The molecule has 1 atom stereocenters. The summed E-state index contributed by atoms with van der Waals surface area (Å²) in [6.45, 7) is 4.09. The summed E-state index contributed by atoms with van der Waals surface area (Å²) < 4.78 is 10.0. The number of nitrogens with zero attached hydrogens (tertiary/aromatic N) is 3. The quantitative estimate of drug-likeness (QED) is 0.902. The van der Waals surface area contributed by atoms with Gasteiger partial charge in [-0.15, -0.1) is 4.98 Å². The topological polar surface area (TPSA) is 69.2 Å². The highest BCUT2D eigenvalue weighted by molar-refractivity contribution is 5.34. The molecule has 0 aliphatic carbocycles. The second-order valence-corrected chi connectivity index (χ2v) is 4.41. The van der Waals surface area contributed by atoms with Crippen LogP contribution in [-0.2, 0) is 0 Å². The first-order valence-corrected chi connectivity index (χ1v) is 6.29. The third-order valence-corrected chi connectivity index (χ3v) is 2.88. The van der Waals surface area contributed by atoms with E-state index >= 15 is 0 Å². The third kappa shape index (κ3) is 3.34. The van der Waals surface area contributed by atoms with Gasteiger partial charge in [0.1, 0.15) is 0 Å². The minimum atomic E-state index is 0.0624.